The highest BCUT2D eigenvalue weighted by molar-refractivity contribution is 5.93. The van der Waals surface area contributed by atoms with E-state index in [1.54, 1.807) is 0 Å². The zero-order valence-electron chi connectivity index (χ0n) is 13.3. The summed E-state index contributed by atoms with van der Waals surface area (Å²) in [6.45, 7) is 4.27. The standard InChI is InChI=1S/C19H22N2O2/c1-14-5-2-3-6-16(14)13-23-18-8-4-7-17(11-18)21-19(22)15-9-10-20-12-15/h2-8,11,15,20H,9-10,12-13H2,1H3,(H,21,22). The maximum absolute atomic E-state index is 12.2. The number of nitrogens with one attached hydrogen (secondary N) is 2. The van der Waals surface area contributed by atoms with Gasteiger partial charge in [-0.2, -0.15) is 0 Å². The van der Waals surface area contributed by atoms with Crippen LogP contribution in [-0.2, 0) is 11.4 Å². The lowest BCUT2D eigenvalue weighted by Gasteiger charge is -2.12. The molecule has 23 heavy (non-hydrogen) atoms. The Labute approximate surface area is 136 Å². The van der Waals surface area contributed by atoms with Crippen LogP contribution in [0.2, 0.25) is 0 Å². The molecule has 0 aliphatic carbocycles. The van der Waals surface area contributed by atoms with Gasteiger partial charge in [0.2, 0.25) is 5.91 Å². The highest BCUT2D eigenvalue weighted by Crippen LogP contribution is 2.20. The Morgan fingerprint density at radius 1 is 1.26 bits per heavy atom. The van der Waals surface area contributed by atoms with E-state index < -0.39 is 0 Å². The van der Waals surface area contributed by atoms with Crippen LogP contribution in [0, 0.1) is 12.8 Å². The second kappa shape index (κ2) is 7.29. The van der Waals surface area contributed by atoms with E-state index in [1.807, 2.05) is 36.4 Å². The SMILES string of the molecule is Cc1ccccc1COc1cccc(NC(=O)C2CCNC2)c1. The third kappa shape index (κ3) is 4.11. The Kier molecular flexibility index (Phi) is 4.93. The summed E-state index contributed by atoms with van der Waals surface area (Å²) in [5.41, 5.74) is 3.16. The number of amides is 1. The number of aryl methyl sites for hydroxylation is 1. The number of rotatable bonds is 5. The molecule has 0 radical (unpaired) electrons. The van der Waals surface area contributed by atoms with Gasteiger partial charge in [0.15, 0.2) is 0 Å². The molecule has 2 N–H and O–H groups in total. The van der Waals surface area contributed by atoms with E-state index in [-0.39, 0.29) is 11.8 Å². The van der Waals surface area contributed by atoms with Crippen molar-refractivity contribution in [3.05, 3.63) is 59.7 Å². The van der Waals surface area contributed by atoms with Crippen molar-refractivity contribution >= 4 is 11.6 Å². The maximum atomic E-state index is 12.2. The van der Waals surface area contributed by atoms with E-state index in [9.17, 15) is 4.79 Å². The normalized spacial score (nSPS) is 17.0. The smallest absolute Gasteiger partial charge is 0.228 e. The van der Waals surface area contributed by atoms with E-state index in [0.717, 1.165) is 30.9 Å². The zero-order valence-corrected chi connectivity index (χ0v) is 13.3. The summed E-state index contributed by atoms with van der Waals surface area (Å²) in [6, 6.07) is 15.7. The Morgan fingerprint density at radius 3 is 2.91 bits per heavy atom. The van der Waals surface area contributed by atoms with Crippen LogP contribution in [0.15, 0.2) is 48.5 Å². The predicted octanol–water partition coefficient (Wildman–Crippen LogP) is 3.12. The molecule has 1 saturated heterocycles. The fourth-order valence-electron chi connectivity index (χ4n) is 2.72. The molecule has 1 atom stereocenters. The average Bonchev–Trinajstić information content (AvgIpc) is 3.09. The molecule has 0 aromatic heterocycles. The Hall–Kier alpha value is -2.33. The first kappa shape index (κ1) is 15.6. The number of benzene rings is 2. The van der Waals surface area contributed by atoms with Crippen molar-refractivity contribution in [1.29, 1.82) is 0 Å². The van der Waals surface area contributed by atoms with Crippen LogP contribution in [0.3, 0.4) is 0 Å². The van der Waals surface area contributed by atoms with Crippen LogP contribution in [0.5, 0.6) is 5.75 Å². The van der Waals surface area contributed by atoms with Crippen molar-refractivity contribution in [2.45, 2.75) is 20.0 Å². The van der Waals surface area contributed by atoms with Crippen molar-refractivity contribution < 1.29 is 9.53 Å². The van der Waals surface area contributed by atoms with E-state index in [2.05, 4.69) is 29.7 Å². The summed E-state index contributed by atoms with van der Waals surface area (Å²) in [5.74, 6) is 0.896. The van der Waals surface area contributed by atoms with Gasteiger partial charge in [0.05, 0.1) is 5.92 Å². The summed E-state index contributed by atoms with van der Waals surface area (Å²) >= 11 is 0. The average molecular weight is 310 g/mol. The molecule has 1 aliphatic heterocycles. The molecule has 1 heterocycles. The van der Waals surface area contributed by atoms with Crippen molar-refractivity contribution in [2.75, 3.05) is 18.4 Å². The minimum atomic E-state index is 0.0616. The van der Waals surface area contributed by atoms with Gasteiger partial charge >= 0.3 is 0 Å². The number of hydrogen-bond acceptors (Lipinski definition) is 3. The van der Waals surface area contributed by atoms with E-state index >= 15 is 0 Å². The van der Waals surface area contributed by atoms with Crippen LogP contribution in [0.25, 0.3) is 0 Å². The van der Waals surface area contributed by atoms with Gasteiger partial charge in [-0.1, -0.05) is 30.3 Å². The largest absolute Gasteiger partial charge is 0.489 e. The Bertz CT molecular complexity index is 679. The molecule has 1 unspecified atom stereocenters. The molecule has 2 aromatic rings. The summed E-state index contributed by atoms with van der Waals surface area (Å²) in [4.78, 5) is 12.2. The van der Waals surface area contributed by atoms with Crippen LogP contribution in [-0.4, -0.2) is 19.0 Å². The summed E-state index contributed by atoms with van der Waals surface area (Å²) < 4.78 is 5.86. The number of ether oxygens (including phenoxy) is 1. The monoisotopic (exact) mass is 310 g/mol. The van der Waals surface area contributed by atoms with Crippen molar-refractivity contribution in [3.63, 3.8) is 0 Å². The predicted molar refractivity (Wildman–Crippen MR) is 91.6 cm³/mol. The van der Waals surface area contributed by atoms with Crippen molar-refractivity contribution in [2.24, 2.45) is 5.92 Å². The molecule has 0 saturated carbocycles. The molecule has 0 spiro atoms. The van der Waals surface area contributed by atoms with Crippen LogP contribution >= 0.6 is 0 Å². The number of anilines is 1. The minimum Gasteiger partial charge on any atom is -0.489 e. The second-order valence-electron chi connectivity index (χ2n) is 5.92. The highest BCUT2D eigenvalue weighted by Gasteiger charge is 2.22. The summed E-state index contributed by atoms with van der Waals surface area (Å²) in [6.07, 6.45) is 0.898. The molecule has 3 rings (SSSR count). The van der Waals surface area contributed by atoms with Gasteiger partial charge in [-0.15, -0.1) is 0 Å². The van der Waals surface area contributed by atoms with E-state index in [4.69, 9.17) is 4.74 Å². The molecule has 0 bridgehead atoms. The summed E-state index contributed by atoms with van der Waals surface area (Å²) in [5, 5.41) is 6.18. The van der Waals surface area contributed by atoms with Crippen molar-refractivity contribution in [1.82, 2.24) is 5.32 Å². The van der Waals surface area contributed by atoms with E-state index in [1.165, 1.54) is 11.1 Å². The number of carbonyl (C=O) groups is 1. The lowest BCUT2D eigenvalue weighted by atomic mass is 10.1. The van der Waals surface area contributed by atoms with Gasteiger partial charge in [-0.3, -0.25) is 4.79 Å². The first-order valence-electron chi connectivity index (χ1n) is 8.01. The lowest BCUT2D eigenvalue weighted by molar-refractivity contribution is -0.119. The molecule has 120 valence electrons. The molecule has 4 nitrogen and oxygen atoms in total. The Morgan fingerprint density at radius 2 is 2.13 bits per heavy atom. The number of hydrogen-bond donors (Lipinski definition) is 2. The molecule has 1 fully saturated rings. The van der Waals surface area contributed by atoms with Crippen LogP contribution < -0.4 is 15.4 Å². The van der Waals surface area contributed by atoms with Gasteiger partial charge < -0.3 is 15.4 Å². The second-order valence-corrected chi connectivity index (χ2v) is 5.92. The third-order valence-corrected chi connectivity index (χ3v) is 4.19. The molecular weight excluding hydrogens is 288 g/mol. The topological polar surface area (TPSA) is 50.4 Å². The third-order valence-electron chi connectivity index (χ3n) is 4.19. The number of carbonyl (C=O) groups excluding carboxylic acids is 1. The minimum absolute atomic E-state index is 0.0616. The molecule has 1 amide bonds. The van der Waals surface area contributed by atoms with E-state index in [0.29, 0.717) is 6.61 Å². The Balaban J connectivity index is 1.61. The fraction of sp³-hybridized carbons (Fsp3) is 0.316. The van der Waals surface area contributed by atoms with Crippen molar-refractivity contribution in [3.8, 4) is 5.75 Å². The zero-order chi connectivity index (χ0) is 16.1. The fourth-order valence-corrected chi connectivity index (χ4v) is 2.72. The highest BCUT2D eigenvalue weighted by atomic mass is 16.5. The van der Waals surface area contributed by atoms with Gasteiger partial charge in [-0.05, 0) is 43.1 Å². The molecule has 1 aliphatic rings. The van der Waals surface area contributed by atoms with Crippen LogP contribution in [0.4, 0.5) is 5.69 Å². The molecule has 2 aromatic carbocycles. The van der Waals surface area contributed by atoms with Gasteiger partial charge in [-0.25, -0.2) is 0 Å². The van der Waals surface area contributed by atoms with Gasteiger partial charge in [0, 0.05) is 18.3 Å². The first-order valence-corrected chi connectivity index (χ1v) is 8.01. The quantitative estimate of drug-likeness (QED) is 0.892. The summed E-state index contributed by atoms with van der Waals surface area (Å²) in [7, 11) is 0. The maximum Gasteiger partial charge on any atom is 0.228 e. The molecule has 4 heteroatoms. The lowest BCUT2D eigenvalue weighted by Crippen LogP contribution is -2.24. The van der Waals surface area contributed by atoms with Gasteiger partial charge in [0.25, 0.3) is 0 Å². The van der Waals surface area contributed by atoms with Crippen LogP contribution in [0.1, 0.15) is 17.5 Å². The molecular formula is C19H22N2O2. The first-order chi connectivity index (χ1) is 11.2. The van der Waals surface area contributed by atoms with Gasteiger partial charge in [0.1, 0.15) is 12.4 Å².